The van der Waals surface area contributed by atoms with Gasteiger partial charge in [-0.3, -0.25) is 0 Å². The molecule has 0 unspecified atom stereocenters. The maximum atomic E-state index is 5.69. The fourth-order valence-electron chi connectivity index (χ4n) is 1.52. The molecule has 1 aromatic carbocycles. The minimum atomic E-state index is 0. The van der Waals surface area contributed by atoms with E-state index in [-0.39, 0.29) is 12.4 Å². The van der Waals surface area contributed by atoms with Gasteiger partial charge in [-0.1, -0.05) is 44.2 Å². The van der Waals surface area contributed by atoms with E-state index in [1.54, 1.807) is 0 Å². The van der Waals surface area contributed by atoms with Crippen LogP contribution in [0.25, 0.3) is 0 Å². The van der Waals surface area contributed by atoms with E-state index in [1.165, 1.54) is 24.8 Å². The van der Waals surface area contributed by atoms with Crippen molar-refractivity contribution in [3.63, 3.8) is 0 Å². The number of hydrogen-bond acceptors (Lipinski definition) is 1. The molecule has 0 amide bonds. The molecule has 0 saturated heterocycles. The van der Waals surface area contributed by atoms with Gasteiger partial charge in [-0.05, 0) is 36.8 Å². The van der Waals surface area contributed by atoms with Gasteiger partial charge in [0.15, 0.2) is 0 Å². The number of aryl methyl sites for hydroxylation is 1. The molecule has 1 rings (SSSR count). The summed E-state index contributed by atoms with van der Waals surface area (Å²) in [5, 5.41) is 0. The van der Waals surface area contributed by atoms with Crippen LogP contribution in [0.4, 0.5) is 0 Å². The number of hydrogen-bond donors (Lipinski definition) is 1. The zero-order valence-electron chi connectivity index (χ0n) is 9.70. The summed E-state index contributed by atoms with van der Waals surface area (Å²) >= 11 is 0. The predicted molar refractivity (Wildman–Crippen MR) is 69.5 cm³/mol. The van der Waals surface area contributed by atoms with Gasteiger partial charge >= 0.3 is 0 Å². The van der Waals surface area contributed by atoms with Crippen LogP contribution in [0.5, 0.6) is 0 Å². The maximum absolute atomic E-state index is 5.69. The summed E-state index contributed by atoms with van der Waals surface area (Å²) in [4.78, 5) is 0. The maximum Gasteiger partial charge on any atom is -0.00258 e. The number of nitrogens with two attached hydrogens (primary N) is 1. The van der Waals surface area contributed by atoms with Gasteiger partial charge in [0, 0.05) is 0 Å². The predicted octanol–water partition coefficient (Wildman–Crippen LogP) is 3.42. The molecular formula is C13H22ClN. The lowest BCUT2D eigenvalue weighted by atomic mass is 9.87. The van der Waals surface area contributed by atoms with Crippen molar-refractivity contribution in [3.8, 4) is 0 Å². The van der Waals surface area contributed by atoms with Gasteiger partial charge in [0.1, 0.15) is 0 Å². The Morgan fingerprint density at radius 3 is 2.27 bits per heavy atom. The van der Waals surface area contributed by atoms with Crippen molar-refractivity contribution in [2.45, 2.75) is 33.1 Å². The van der Waals surface area contributed by atoms with E-state index >= 15 is 0 Å². The molecule has 2 heteroatoms. The van der Waals surface area contributed by atoms with Gasteiger partial charge in [-0.15, -0.1) is 12.4 Å². The second kappa shape index (κ2) is 6.86. The van der Waals surface area contributed by atoms with E-state index in [0.717, 1.165) is 6.54 Å². The Labute approximate surface area is 99.5 Å². The first-order valence-electron chi connectivity index (χ1n) is 5.38. The Bertz CT molecular complexity index is 256. The molecule has 1 nitrogen and oxygen atoms in total. The van der Waals surface area contributed by atoms with E-state index < -0.39 is 0 Å². The molecular weight excluding hydrogens is 206 g/mol. The average Bonchev–Trinajstić information content (AvgIpc) is 2.19. The van der Waals surface area contributed by atoms with Crippen LogP contribution in [0.3, 0.4) is 0 Å². The number of rotatable bonds is 5. The largest absolute Gasteiger partial charge is 0.330 e. The molecule has 0 atom stereocenters. The number of benzene rings is 1. The zero-order valence-corrected chi connectivity index (χ0v) is 10.5. The number of halogens is 1. The van der Waals surface area contributed by atoms with Crippen molar-refractivity contribution in [1.29, 1.82) is 0 Å². The van der Waals surface area contributed by atoms with Gasteiger partial charge in [0.05, 0.1) is 0 Å². The molecule has 0 heterocycles. The van der Waals surface area contributed by atoms with Gasteiger partial charge in [-0.25, -0.2) is 0 Å². The van der Waals surface area contributed by atoms with Crippen LogP contribution in [0.2, 0.25) is 0 Å². The molecule has 2 N–H and O–H groups in total. The minimum absolute atomic E-state index is 0. The van der Waals surface area contributed by atoms with Crippen LogP contribution < -0.4 is 5.73 Å². The topological polar surface area (TPSA) is 26.0 Å². The van der Waals surface area contributed by atoms with Crippen molar-refractivity contribution < 1.29 is 0 Å². The first kappa shape index (κ1) is 14.5. The second-order valence-electron chi connectivity index (χ2n) is 4.71. The normalized spacial score (nSPS) is 10.9. The molecule has 0 aliphatic rings. The van der Waals surface area contributed by atoms with Crippen LogP contribution in [-0.2, 0) is 6.42 Å². The highest BCUT2D eigenvalue weighted by Gasteiger charge is 2.14. The van der Waals surface area contributed by atoms with E-state index in [0.29, 0.717) is 5.41 Å². The fraction of sp³-hybridized carbons (Fsp3) is 0.538. The van der Waals surface area contributed by atoms with Gasteiger partial charge < -0.3 is 5.73 Å². The average molecular weight is 228 g/mol. The third-order valence-corrected chi connectivity index (χ3v) is 2.71. The van der Waals surface area contributed by atoms with E-state index in [2.05, 4.69) is 44.2 Å². The summed E-state index contributed by atoms with van der Waals surface area (Å²) in [6.45, 7) is 5.25. The Morgan fingerprint density at radius 2 is 1.73 bits per heavy atom. The Hall–Kier alpha value is -0.530. The molecule has 1 aromatic rings. The molecule has 0 saturated carbocycles. The monoisotopic (exact) mass is 227 g/mol. The van der Waals surface area contributed by atoms with Gasteiger partial charge in [-0.2, -0.15) is 0 Å². The van der Waals surface area contributed by atoms with E-state index in [9.17, 15) is 0 Å². The first-order valence-corrected chi connectivity index (χ1v) is 5.38. The van der Waals surface area contributed by atoms with Crippen molar-refractivity contribution >= 4 is 12.4 Å². The smallest absolute Gasteiger partial charge is 0.00258 e. The molecule has 0 aliphatic carbocycles. The Morgan fingerprint density at radius 1 is 1.13 bits per heavy atom. The molecule has 0 fully saturated rings. The minimum Gasteiger partial charge on any atom is -0.330 e. The fourth-order valence-corrected chi connectivity index (χ4v) is 1.52. The van der Waals surface area contributed by atoms with Crippen molar-refractivity contribution in [2.75, 3.05) is 6.54 Å². The van der Waals surface area contributed by atoms with Gasteiger partial charge in [0.2, 0.25) is 0 Å². The molecule has 0 aliphatic heterocycles. The van der Waals surface area contributed by atoms with Crippen LogP contribution in [0, 0.1) is 5.41 Å². The SMILES string of the molecule is CC(C)(CN)CCCc1ccccc1.Cl. The molecule has 0 bridgehead atoms. The lowest BCUT2D eigenvalue weighted by Crippen LogP contribution is -2.23. The van der Waals surface area contributed by atoms with E-state index in [4.69, 9.17) is 5.73 Å². The van der Waals surface area contributed by atoms with Crippen LogP contribution in [0.1, 0.15) is 32.3 Å². The summed E-state index contributed by atoms with van der Waals surface area (Å²) in [7, 11) is 0. The lowest BCUT2D eigenvalue weighted by Gasteiger charge is -2.21. The second-order valence-corrected chi connectivity index (χ2v) is 4.71. The Kier molecular flexibility index (Phi) is 6.62. The third-order valence-electron chi connectivity index (χ3n) is 2.71. The molecule has 0 radical (unpaired) electrons. The van der Waals surface area contributed by atoms with Crippen molar-refractivity contribution in [3.05, 3.63) is 35.9 Å². The summed E-state index contributed by atoms with van der Waals surface area (Å²) in [5.74, 6) is 0. The lowest BCUT2D eigenvalue weighted by molar-refractivity contribution is 0.337. The highest BCUT2D eigenvalue weighted by Crippen LogP contribution is 2.21. The van der Waals surface area contributed by atoms with Gasteiger partial charge in [0.25, 0.3) is 0 Å². The third kappa shape index (κ3) is 5.81. The molecule has 0 aromatic heterocycles. The summed E-state index contributed by atoms with van der Waals surface area (Å²) in [5.41, 5.74) is 7.42. The Balaban J connectivity index is 0.00000196. The molecule has 15 heavy (non-hydrogen) atoms. The van der Waals surface area contributed by atoms with Crippen molar-refractivity contribution in [1.82, 2.24) is 0 Å². The standard InChI is InChI=1S/C13H21N.ClH/c1-13(2,11-14)10-6-9-12-7-4-3-5-8-12;/h3-5,7-8H,6,9-11,14H2,1-2H3;1H. The van der Waals surface area contributed by atoms with Crippen molar-refractivity contribution in [2.24, 2.45) is 11.1 Å². The highest BCUT2D eigenvalue weighted by atomic mass is 35.5. The van der Waals surface area contributed by atoms with E-state index in [1.807, 2.05) is 0 Å². The van der Waals surface area contributed by atoms with Crippen LogP contribution in [-0.4, -0.2) is 6.54 Å². The van der Waals surface area contributed by atoms with Crippen LogP contribution >= 0.6 is 12.4 Å². The first-order chi connectivity index (χ1) is 6.64. The molecule has 0 spiro atoms. The zero-order chi connectivity index (χ0) is 10.4. The highest BCUT2D eigenvalue weighted by molar-refractivity contribution is 5.85. The summed E-state index contributed by atoms with van der Waals surface area (Å²) in [6, 6.07) is 10.6. The summed E-state index contributed by atoms with van der Waals surface area (Å²) in [6.07, 6.45) is 3.61. The molecule has 86 valence electrons. The summed E-state index contributed by atoms with van der Waals surface area (Å²) < 4.78 is 0. The van der Waals surface area contributed by atoms with Crippen LogP contribution in [0.15, 0.2) is 30.3 Å². The quantitative estimate of drug-likeness (QED) is 0.820.